The van der Waals surface area contributed by atoms with E-state index in [1.165, 1.54) is 12.1 Å². The number of nitrogens with zero attached hydrogens (tertiary/aromatic N) is 1. The molecular weight excluding hydrogens is 529 g/mol. The Labute approximate surface area is 239 Å². The van der Waals surface area contributed by atoms with Crippen molar-refractivity contribution < 1.29 is 27.5 Å². The highest BCUT2D eigenvalue weighted by Gasteiger charge is 2.47. The number of hydrogen-bond donors (Lipinski definition) is 1. The van der Waals surface area contributed by atoms with E-state index in [-0.39, 0.29) is 24.0 Å². The molecule has 0 radical (unpaired) electrons. The first-order valence-electron chi connectivity index (χ1n) is 14.2. The van der Waals surface area contributed by atoms with Crippen molar-refractivity contribution in [2.45, 2.75) is 63.7 Å². The fraction of sp³-hybridized carbons (Fsp3) is 0.394. The summed E-state index contributed by atoms with van der Waals surface area (Å²) in [6, 6.07) is 21.4. The third kappa shape index (κ3) is 6.48. The second-order valence-electron chi connectivity index (χ2n) is 10.5. The topological polar surface area (TPSA) is 58.6 Å². The molecule has 4 rings (SSSR count). The summed E-state index contributed by atoms with van der Waals surface area (Å²) in [5, 5.41) is 3.13. The molecule has 0 saturated carbocycles. The van der Waals surface area contributed by atoms with Crippen LogP contribution in [0.15, 0.2) is 78.9 Å². The smallest absolute Gasteiger partial charge is 0.416 e. The minimum absolute atomic E-state index is 0.0676. The molecule has 1 fully saturated rings. The number of ether oxygens (including phenoxy) is 1. The Hall–Kier alpha value is -3.65. The summed E-state index contributed by atoms with van der Waals surface area (Å²) in [4.78, 5) is 29.0. The number of nitrogens with one attached hydrogen (secondary N) is 1. The number of halogens is 3. The quantitative estimate of drug-likeness (QED) is 0.287. The van der Waals surface area contributed by atoms with Crippen LogP contribution in [0.4, 0.5) is 13.2 Å². The van der Waals surface area contributed by atoms with Crippen LogP contribution in [0.3, 0.4) is 0 Å². The van der Waals surface area contributed by atoms with Crippen molar-refractivity contribution in [3.63, 3.8) is 0 Å². The first-order chi connectivity index (χ1) is 19.6. The Morgan fingerprint density at radius 1 is 0.902 bits per heavy atom. The maximum atomic E-state index is 13.4. The fourth-order valence-electron chi connectivity index (χ4n) is 5.95. The van der Waals surface area contributed by atoms with Crippen LogP contribution in [0.2, 0.25) is 0 Å². The van der Waals surface area contributed by atoms with E-state index in [0.29, 0.717) is 55.6 Å². The highest BCUT2D eigenvalue weighted by molar-refractivity contribution is 6.01. The molecule has 5 nitrogen and oxygen atoms in total. The molecule has 1 N–H and O–H groups in total. The standard InChI is InChI=1S/C33H37F3N2O3/c1-4-32(31(40)41-5-2,25-11-7-6-8-12-25)23(3)38-21-19-27(20-22-38)37-30(39)29-14-10-9-13-28(29)24-15-17-26(18-16-24)33(34,35)36/h6-18,23,27H,4-5,19-22H2,1-3H3,(H,37,39). The Bertz CT molecular complexity index is 1320. The molecule has 8 heteroatoms. The highest BCUT2D eigenvalue weighted by atomic mass is 19.4. The number of alkyl halides is 3. The highest BCUT2D eigenvalue weighted by Crippen LogP contribution is 2.37. The van der Waals surface area contributed by atoms with Crippen molar-refractivity contribution >= 4 is 11.9 Å². The van der Waals surface area contributed by atoms with Gasteiger partial charge in [-0.25, -0.2) is 0 Å². The normalized spacial score (nSPS) is 16.9. The fourth-order valence-corrected chi connectivity index (χ4v) is 5.95. The van der Waals surface area contributed by atoms with Gasteiger partial charge in [-0.05, 0) is 68.0 Å². The van der Waals surface area contributed by atoms with Gasteiger partial charge < -0.3 is 10.1 Å². The number of carbonyl (C=O) groups is 2. The number of esters is 1. The van der Waals surface area contributed by atoms with Gasteiger partial charge in [0.25, 0.3) is 5.91 Å². The molecule has 0 aromatic heterocycles. The average molecular weight is 567 g/mol. The average Bonchev–Trinajstić information content (AvgIpc) is 2.98. The lowest BCUT2D eigenvalue weighted by Crippen LogP contribution is -2.57. The monoisotopic (exact) mass is 566 g/mol. The number of hydrogen-bond acceptors (Lipinski definition) is 4. The number of rotatable bonds is 9. The molecule has 0 bridgehead atoms. The zero-order chi connectivity index (χ0) is 29.6. The predicted molar refractivity (Wildman–Crippen MR) is 153 cm³/mol. The largest absolute Gasteiger partial charge is 0.465 e. The molecule has 1 aliphatic heterocycles. The van der Waals surface area contributed by atoms with Crippen molar-refractivity contribution in [3.8, 4) is 11.1 Å². The van der Waals surface area contributed by atoms with E-state index in [1.807, 2.05) is 44.2 Å². The van der Waals surface area contributed by atoms with Crippen LogP contribution in [-0.4, -0.2) is 48.6 Å². The summed E-state index contributed by atoms with van der Waals surface area (Å²) in [7, 11) is 0. The maximum Gasteiger partial charge on any atom is 0.416 e. The van der Waals surface area contributed by atoms with Crippen molar-refractivity contribution in [1.29, 1.82) is 0 Å². The SMILES string of the molecule is CCOC(=O)C(CC)(c1ccccc1)C(C)N1CCC(NC(=O)c2ccccc2-c2ccc(C(F)(F)F)cc2)CC1. The van der Waals surface area contributed by atoms with Gasteiger partial charge in [0.1, 0.15) is 5.41 Å². The number of benzene rings is 3. The van der Waals surface area contributed by atoms with Gasteiger partial charge in [0.15, 0.2) is 0 Å². The molecule has 1 amide bonds. The Morgan fingerprint density at radius 3 is 2.10 bits per heavy atom. The molecule has 1 heterocycles. The number of amides is 1. The molecule has 2 atom stereocenters. The summed E-state index contributed by atoms with van der Waals surface area (Å²) in [6.45, 7) is 7.61. The molecular formula is C33H37F3N2O3. The van der Waals surface area contributed by atoms with Gasteiger partial charge in [-0.1, -0.05) is 67.6 Å². The van der Waals surface area contributed by atoms with Gasteiger partial charge in [-0.3, -0.25) is 14.5 Å². The lowest BCUT2D eigenvalue weighted by atomic mass is 9.71. The lowest BCUT2D eigenvalue weighted by molar-refractivity contribution is -0.153. The van der Waals surface area contributed by atoms with Gasteiger partial charge in [-0.2, -0.15) is 13.2 Å². The molecule has 1 saturated heterocycles. The third-order valence-electron chi connectivity index (χ3n) is 8.31. The lowest BCUT2D eigenvalue weighted by Gasteiger charge is -2.45. The van der Waals surface area contributed by atoms with Crippen molar-refractivity contribution in [3.05, 3.63) is 95.6 Å². The summed E-state index contributed by atoms with van der Waals surface area (Å²) in [5.74, 6) is -0.484. The third-order valence-corrected chi connectivity index (χ3v) is 8.31. The van der Waals surface area contributed by atoms with E-state index in [4.69, 9.17) is 4.74 Å². The van der Waals surface area contributed by atoms with Gasteiger partial charge >= 0.3 is 12.1 Å². The summed E-state index contributed by atoms with van der Waals surface area (Å²) in [6.07, 6.45) is -2.42. The second-order valence-corrected chi connectivity index (χ2v) is 10.5. The van der Waals surface area contributed by atoms with E-state index in [9.17, 15) is 22.8 Å². The molecule has 1 aliphatic rings. The van der Waals surface area contributed by atoms with Gasteiger partial charge in [0.05, 0.1) is 12.2 Å². The minimum atomic E-state index is -4.42. The van der Waals surface area contributed by atoms with E-state index in [0.717, 1.165) is 17.7 Å². The molecule has 0 spiro atoms. The Morgan fingerprint density at radius 2 is 1.51 bits per heavy atom. The summed E-state index contributed by atoms with van der Waals surface area (Å²) in [5.41, 5.74) is 0.932. The van der Waals surface area contributed by atoms with E-state index < -0.39 is 17.2 Å². The van der Waals surface area contributed by atoms with Crippen LogP contribution in [0.25, 0.3) is 11.1 Å². The second kappa shape index (κ2) is 12.9. The van der Waals surface area contributed by atoms with Gasteiger partial charge in [0.2, 0.25) is 0 Å². The number of likely N-dealkylation sites (tertiary alicyclic amines) is 1. The van der Waals surface area contributed by atoms with Crippen LogP contribution < -0.4 is 5.32 Å². The molecule has 218 valence electrons. The minimum Gasteiger partial charge on any atom is -0.465 e. The molecule has 41 heavy (non-hydrogen) atoms. The molecule has 3 aromatic rings. The van der Waals surface area contributed by atoms with E-state index in [2.05, 4.69) is 17.1 Å². The van der Waals surface area contributed by atoms with Crippen LogP contribution in [0.5, 0.6) is 0 Å². The first kappa shape index (κ1) is 30.3. The summed E-state index contributed by atoms with van der Waals surface area (Å²) < 4.78 is 44.6. The number of piperidine rings is 1. The molecule has 3 aromatic carbocycles. The molecule has 0 aliphatic carbocycles. The Kier molecular flexibility index (Phi) is 9.53. The zero-order valence-electron chi connectivity index (χ0n) is 23.7. The summed E-state index contributed by atoms with van der Waals surface area (Å²) >= 11 is 0. The van der Waals surface area contributed by atoms with Crippen molar-refractivity contribution in [1.82, 2.24) is 10.2 Å². The van der Waals surface area contributed by atoms with E-state index >= 15 is 0 Å². The van der Waals surface area contributed by atoms with Crippen LogP contribution in [0, 0.1) is 0 Å². The van der Waals surface area contributed by atoms with Crippen LogP contribution >= 0.6 is 0 Å². The number of carbonyl (C=O) groups excluding carboxylic acids is 2. The van der Waals surface area contributed by atoms with Gasteiger partial charge in [-0.15, -0.1) is 0 Å². The van der Waals surface area contributed by atoms with Crippen LogP contribution in [-0.2, 0) is 21.1 Å². The maximum absolute atomic E-state index is 13.4. The van der Waals surface area contributed by atoms with Crippen molar-refractivity contribution in [2.24, 2.45) is 0 Å². The first-order valence-corrected chi connectivity index (χ1v) is 14.2. The van der Waals surface area contributed by atoms with Crippen molar-refractivity contribution in [2.75, 3.05) is 19.7 Å². The van der Waals surface area contributed by atoms with Gasteiger partial charge in [0, 0.05) is 30.7 Å². The molecule has 2 unspecified atom stereocenters. The van der Waals surface area contributed by atoms with E-state index in [1.54, 1.807) is 24.3 Å². The Balaban J connectivity index is 1.46. The zero-order valence-corrected chi connectivity index (χ0v) is 23.7. The predicted octanol–water partition coefficient (Wildman–Crippen LogP) is 6.87. The van der Waals surface area contributed by atoms with Crippen LogP contribution in [0.1, 0.15) is 61.5 Å².